The lowest BCUT2D eigenvalue weighted by Crippen LogP contribution is -2.08. The van der Waals surface area contributed by atoms with E-state index < -0.39 is 11.0 Å². The molecule has 0 bridgehead atoms. The summed E-state index contributed by atoms with van der Waals surface area (Å²) in [5.41, 5.74) is 0.702. The van der Waals surface area contributed by atoms with E-state index in [4.69, 9.17) is 11.6 Å². The predicted octanol–water partition coefficient (Wildman–Crippen LogP) is 3.59. The Balaban J connectivity index is 2.75. The lowest BCUT2D eigenvalue weighted by Gasteiger charge is -2.07. The molecule has 1 atom stereocenters. The van der Waals surface area contributed by atoms with Gasteiger partial charge < -0.3 is 4.72 Å². The van der Waals surface area contributed by atoms with E-state index in [0.717, 1.165) is 10.9 Å². The van der Waals surface area contributed by atoms with Crippen LogP contribution in [0, 0.1) is 0 Å². The molecule has 1 aromatic rings. The van der Waals surface area contributed by atoms with Gasteiger partial charge in [0.1, 0.15) is 11.0 Å². The van der Waals surface area contributed by atoms with Gasteiger partial charge in [-0.15, -0.1) is 0 Å². The van der Waals surface area contributed by atoms with Crippen LogP contribution in [0.15, 0.2) is 22.7 Å². The van der Waals surface area contributed by atoms with Crippen LogP contribution in [0.4, 0.5) is 5.69 Å². The summed E-state index contributed by atoms with van der Waals surface area (Å²) in [6.07, 6.45) is 0.880. The summed E-state index contributed by atoms with van der Waals surface area (Å²) in [4.78, 5) is 0. The van der Waals surface area contributed by atoms with Crippen LogP contribution in [0.1, 0.15) is 13.3 Å². The summed E-state index contributed by atoms with van der Waals surface area (Å²) in [6.45, 7) is 1.99. The summed E-state index contributed by atoms with van der Waals surface area (Å²) in [7, 11) is -1.04. The number of nitrogens with one attached hydrogen (secondary N) is 1. The molecule has 0 aliphatic carbocycles. The third-order valence-corrected chi connectivity index (χ3v) is 3.59. The van der Waals surface area contributed by atoms with Crippen molar-refractivity contribution in [1.29, 1.82) is 0 Å². The van der Waals surface area contributed by atoms with Crippen molar-refractivity contribution in [1.82, 2.24) is 0 Å². The Labute approximate surface area is 99.8 Å². The first-order valence-electron chi connectivity index (χ1n) is 4.23. The quantitative estimate of drug-likeness (QED) is 0.904. The summed E-state index contributed by atoms with van der Waals surface area (Å²) < 4.78 is 15.2. The SMILES string of the molecule is CCCS(=O)Nc1cc(Br)ccc1Cl. The molecule has 0 radical (unpaired) electrons. The Morgan fingerprint density at radius 2 is 2.29 bits per heavy atom. The number of rotatable bonds is 4. The zero-order valence-electron chi connectivity index (χ0n) is 7.72. The first kappa shape index (κ1) is 12.0. The normalized spacial score (nSPS) is 12.5. The maximum Gasteiger partial charge on any atom is 0.117 e. The summed E-state index contributed by atoms with van der Waals surface area (Å²) in [5, 5.41) is 0.581. The standard InChI is InChI=1S/C9H11BrClNOS/c1-2-5-14(13)12-9-6-7(10)3-4-8(9)11/h3-4,6,12H,2,5H2,1H3. The van der Waals surface area contributed by atoms with Gasteiger partial charge in [-0.05, 0) is 24.6 Å². The molecule has 0 heterocycles. The van der Waals surface area contributed by atoms with Crippen LogP contribution in [0.3, 0.4) is 0 Å². The minimum atomic E-state index is -1.04. The molecule has 0 aromatic heterocycles. The fraction of sp³-hybridized carbons (Fsp3) is 0.333. The van der Waals surface area contributed by atoms with Crippen LogP contribution in [0.2, 0.25) is 5.02 Å². The first-order chi connectivity index (χ1) is 6.63. The van der Waals surface area contributed by atoms with E-state index >= 15 is 0 Å². The van der Waals surface area contributed by atoms with Gasteiger partial charge in [-0.2, -0.15) is 0 Å². The molecule has 14 heavy (non-hydrogen) atoms. The van der Waals surface area contributed by atoms with Gasteiger partial charge >= 0.3 is 0 Å². The van der Waals surface area contributed by atoms with Crippen LogP contribution < -0.4 is 4.72 Å². The van der Waals surface area contributed by atoms with E-state index in [2.05, 4.69) is 20.7 Å². The Morgan fingerprint density at radius 3 is 2.93 bits per heavy atom. The van der Waals surface area contributed by atoms with Crippen molar-refractivity contribution in [2.45, 2.75) is 13.3 Å². The van der Waals surface area contributed by atoms with Crippen molar-refractivity contribution in [3.63, 3.8) is 0 Å². The third kappa shape index (κ3) is 3.59. The molecule has 2 nitrogen and oxygen atoms in total. The second kappa shape index (κ2) is 5.73. The van der Waals surface area contributed by atoms with E-state index in [-0.39, 0.29) is 0 Å². The topological polar surface area (TPSA) is 29.1 Å². The van der Waals surface area contributed by atoms with Gasteiger partial charge in [0.25, 0.3) is 0 Å². The molecule has 5 heteroatoms. The molecular weight excluding hydrogens is 286 g/mol. The Morgan fingerprint density at radius 1 is 1.57 bits per heavy atom. The zero-order valence-corrected chi connectivity index (χ0v) is 10.9. The fourth-order valence-electron chi connectivity index (χ4n) is 0.935. The summed E-state index contributed by atoms with van der Waals surface area (Å²) in [5.74, 6) is 0.628. The largest absolute Gasteiger partial charge is 0.304 e. The van der Waals surface area contributed by atoms with Crippen molar-refractivity contribution >= 4 is 44.2 Å². The number of benzene rings is 1. The number of hydrogen-bond donors (Lipinski definition) is 1. The summed E-state index contributed by atoms with van der Waals surface area (Å²) >= 11 is 9.25. The average Bonchev–Trinajstić information content (AvgIpc) is 2.12. The van der Waals surface area contributed by atoms with Gasteiger partial charge in [0.05, 0.1) is 10.7 Å². The maximum absolute atomic E-state index is 11.4. The second-order valence-corrected chi connectivity index (χ2v) is 5.40. The molecule has 0 saturated heterocycles. The highest BCUT2D eigenvalue weighted by Gasteiger charge is 2.03. The van der Waals surface area contributed by atoms with E-state index in [1.165, 1.54) is 0 Å². The molecule has 1 aromatic carbocycles. The third-order valence-electron chi connectivity index (χ3n) is 1.54. The van der Waals surface area contributed by atoms with Crippen LogP contribution >= 0.6 is 27.5 Å². The monoisotopic (exact) mass is 295 g/mol. The lowest BCUT2D eigenvalue weighted by molar-refractivity contribution is 0.685. The predicted molar refractivity (Wildman–Crippen MR) is 66.1 cm³/mol. The Kier molecular flexibility index (Phi) is 4.92. The van der Waals surface area contributed by atoms with E-state index in [1.54, 1.807) is 6.07 Å². The second-order valence-electron chi connectivity index (χ2n) is 2.78. The van der Waals surface area contributed by atoms with Gasteiger partial charge in [-0.1, -0.05) is 34.5 Å². The molecule has 0 saturated carbocycles. The minimum Gasteiger partial charge on any atom is -0.304 e. The van der Waals surface area contributed by atoms with E-state index in [9.17, 15) is 4.21 Å². The minimum absolute atomic E-state index is 0.581. The van der Waals surface area contributed by atoms with E-state index in [1.807, 2.05) is 19.1 Å². The Bertz CT molecular complexity index is 346. The number of halogens is 2. The molecular formula is C9H11BrClNOS. The van der Waals surface area contributed by atoms with Gasteiger partial charge in [0, 0.05) is 10.2 Å². The van der Waals surface area contributed by atoms with Gasteiger partial charge in [-0.3, -0.25) is 0 Å². The molecule has 0 aliphatic heterocycles. The van der Waals surface area contributed by atoms with Gasteiger partial charge in [-0.25, -0.2) is 4.21 Å². The van der Waals surface area contributed by atoms with Crippen molar-refractivity contribution < 1.29 is 4.21 Å². The molecule has 1 rings (SSSR count). The average molecular weight is 297 g/mol. The van der Waals surface area contributed by atoms with Crippen LogP contribution in [-0.2, 0) is 11.0 Å². The smallest absolute Gasteiger partial charge is 0.117 e. The van der Waals surface area contributed by atoms with E-state index in [0.29, 0.717) is 16.5 Å². The van der Waals surface area contributed by atoms with Crippen molar-refractivity contribution in [3.8, 4) is 0 Å². The summed E-state index contributed by atoms with van der Waals surface area (Å²) in [6, 6.07) is 5.42. The van der Waals surface area contributed by atoms with Crippen LogP contribution in [-0.4, -0.2) is 9.96 Å². The van der Waals surface area contributed by atoms with Gasteiger partial charge in [0.2, 0.25) is 0 Å². The zero-order chi connectivity index (χ0) is 10.6. The maximum atomic E-state index is 11.4. The molecule has 0 spiro atoms. The van der Waals surface area contributed by atoms with Gasteiger partial charge in [0.15, 0.2) is 0 Å². The van der Waals surface area contributed by atoms with Crippen LogP contribution in [0.5, 0.6) is 0 Å². The highest BCUT2D eigenvalue weighted by Crippen LogP contribution is 2.25. The first-order valence-corrected chi connectivity index (χ1v) is 6.72. The molecule has 1 unspecified atom stereocenters. The van der Waals surface area contributed by atoms with Crippen molar-refractivity contribution in [3.05, 3.63) is 27.7 Å². The van der Waals surface area contributed by atoms with Crippen molar-refractivity contribution in [2.75, 3.05) is 10.5 Å². The fourth-order valence-corrected chi connectivity index (χ4v) is 2.40. The number of anilines is 1. The molecule has 0 aliphatic rings. The van der Waals surface area contributed by atoms with Crippen molar-refractivity contribution in [2.24, 2.45) is 0 Å². The lowest BCUT2D eigenvalue weighted by atomic mass is 10.3. The molecule has 1 N–H and O–H groups in total. The molecule has 0 amide bonds. The molecule has 0 fully saturated rings. The highest BCUT2D eigenvalue weighted by molar-refractivity contribution is 9.10. The Hall–Kier alpha value is -0.0600. The highest BCUT2D eigenvalue weighted by atomic mass is 79.9. The number of hydrogen-bond acceptors (Lipinski definition) is 1. The molecule has 78 valence electrons. The van der Waals surface area contributed by atoms with Crippen LogP contribution in [0.25, 0.3) is 0 Å².